The zero-order valence-corrected chi connectivity index (χ0v) is 11.6. The summed E-state index contributed by atoms with van der Waals surface area (Å²) in [6, 6.07) is 6.10. The van der Waals surface area contributed by atoms with Crippen LogP contribution in [-0.2, 0) is 9.53 Å². The second kappa shape index (κ2) is 5.29. The average Bonchev–Trinajstić information content (AvgIpc) is 2.31. The molecule has 0 aromatic heterocycles. The molecule has 1 N–H and O–H groups in total. The van der Waals surface area contributed by atoms with Gasteiger partial charge in [-0.1, -0.05) is 12.1 Å². The van der Waals surface area contributed by atoms with Gasteiger partial charge >= 0.3 is 0 Å². The molecule has 4 heteroatoms. The van der Waals surface area contributed by atoms with E-state index in [4.69, 9.17) is 4.74 Å². The lowest BCUT2D eigenvalue weighted by Crippen LogP contribution is -2.46. The molecule has 1 aliphatic rings. The van der Waals surface area contributed by atoms with Crippen molar-refractivity contribution in [2.75, 3.05) is 6.54 Å². The number of rotatable bonds is 2. The molecule has 0 aliphatic carbocycles. The Balaban J connectivity index is 2.10. The highest BCUT2D eigenvalue weighted by atomic mass is 19.1. The van der Waals surface area contributed by atoms with E-state index in [9.17, 15) is 9.18 Å². The summed E-state index contributed by atoms with van der Waals surface area (Å²) >= 11 is 0. The highest BCUT2D eigenvalue weighted by molar-refractivity contribution is 5.84. The lowest BCUT2D eigenvalue weighted by Gasteiger charge is -2.34. The Labute approximate surface area is 113 Å². The number of ether oxygens (including phenoxy) is 1. The van der Waals surface area contributed by atoms with Gasteiger partial charge < -0.3 is 10.1 Å². The molecule has 0 radical (unpaired) electrons. The number of hydrogen-bond donors (Lipinski definition) is 1. The molecule has 1 heterocycles. The summed E-state index contributed by atoms with van der Waals surface area (Å²) in [5, 5.41) is 2.86. The maximum atomic E-state index is 12.9. The van der Waals surface area contributed by atoms with Crippen LogP contribution in [0.2, 0.25) is 0 Å². The average molecular weight is 265 g/mol. The number of nitrogens with one attached hydrogen (secondary N) is 1. The largest absolute Gasteiger partial charge is 0.371 e. The summed E-state index contributed by atoms with van der Waals surface area (Å²) in [6.45, 7) is 6.52. The minimum atomic E-state index is -0.289. The molecule has 3 nitrogen and oxygen atoms in total. The van der Waals surface area contributed by atoms with Crippen molar-refractivity contribution < 1.29 is 13.9 Å². The van der Waals surface area contributed by atoms with Gasteiger partial charge in [-0.2, -0.15) is 0 Å². The number of piperidine rings is 1. The summed E-state index contributed by atoms with van der Waals surface area (Å²) in [7, 11) is 0. The quantitative estimate of drug-likeness (QED) is 0.892. The van der Waals surface area contributed by atoms with Gasteiger partial charge in [-0.3, -0.25) is 4.79 Å². The molecule has 1 saturated heterocycles. The lowest BCUT2D eigenvalue weighted by molar-refractivity contribution is -0.131. The van der Waals surface area contributed by atoms with Gasteiger partial charge in [0.15, 0.2) is 0 Å². The van der Waals surface area contributed by atoms with E-state index in [2.05, 4.69) is 5.32 Å². The highest BCUT2D eigenvalue weighted by Crippen LogP contribution is 2.27. The molecule has 0 unspecified atom stereocenters. The molecule has 104 valence electrons. The third-order valence-corrected chi connectivity index (χ3v) is 3.11. The first-order chi connectivity index (χ1) is 8.85. The molecule has 0 spiro atoms. The van der Waals surface area contributed by atoms with E-state index in [-0.39, 0.29) is 29.3 Å². The monoisotopic (exact) mass is 265 g/mol. The van der Waals surface area contributed by atoms with Crippen LogP contribution in [0.1, 0.15) is 38.7 Å². The van der Waals surface area contributed by atoms with Crippen LogP contribution in [0.5, 0.6) is 0 Å². The normalized spacial score (nSPS) is 24.1. The first-order valence-electron chi connectivity index (χ1n) is 6.56. The van der Waals surface area contributed by atoms with Crippen molar-refractivity contribution in [1.29, 1.82) is 0 Å². The SMILES string of the molecule is CC(C)(C)O[C@H]1CNC(=O)[C@@H](c2ccc(F)cc2)C1. The smallest absolute Gasteiger partial charge is 0.227 e. The topological polar surface area (TPSA) is 38.3 Å². The Bertz CT molecular complexity index is 450. The molecule has 2 atom stereocenters. The van der Waals surface area contributed by atoms with E-state index in [0.717, 1.165) is 5.56 Å². The Hall–Kier alpha value is -1.42. The third kappa shape index (κ3) is 3.77. The Kier molecular flexibility index (Phi) is 3.90. The molecule has 0 bridgehead atoms. The van der Waals surface area contributed by atoms with E-state index in [1.807, 2.05) is 20.8 Å². The van der Waals surface area contributed by atoms with E-state index in [1.165, 1.54) is 12.1 Å². The van der Waals surface area contributed by atoms with Crippen LogP contribution >= 0.6 is 0 Å². The fourth-order valence-electron chi connectivity index (χ4n) is 2.36. The fraction of sp³-hybridized carbons (Fsp3) is 0.533. The van der Waals surface area contributed by atoms with E-state index >= 15 is 0 Å². The minimum Gasteiger partial charge on any atom is -0.371 e. The van der Waals surface area contributed by atoms with Crippen LogP contribution in [0.4, 0.5) is 4.39 Å². The van der Waals surface area contributed by atoms with Crippen LogP contribution in [0.15, 0.2) is 24.3 Å². The Morgan fingerprint density at radius 2 is 1.89 bits per heavy atom. The van der Waals surface area contributed by atoms with E-state index < -0.39 is 0 Å². The van der Waals surface area contributed by atoms with Gasteiger partial charge in [0.05, 0.1) is 17.6 Å². The van der Waals surface area contributed by atoms with Gasteiger partial charge in [-0.25, -0.2) is 4.39 Å². The summed E-state index contributed by atoms with van der Waals surface area (Å²) in [5.41, 5.74) is 0.598. The Morgan fingerprint density at radius 1 is 1.26 bits per heavy atom. The standard InChI is InChI=1S/C15H20FNO2/c1-15(2,3)19-12-8-13(14(18)17-9-12)10-4-6-11(16)7-5-10/h4-7,12-13H,8-9H2,1-3H3,(H,17,18)/t12-,13-/m1/s1. The molecular formula is C15H20FNO2. The molecule has 1 aromatic carbocycles. The first kappa shape index (κ1) is 14.0. The number of amides is 1. The van der Waals surface area contributed by atoms with Crippen LogP contribution in [0, 0.1) is 5.82 Å². The van der Waals surface area contributed by atoms with Crippen LogP contribution in [-0.4, -0.2) is 24.2 Å². The predicted octanol–water partition coefficient (Wildman–Crippen LogP) is 2.61. The molecule has 19 heavy (non-hydrogen) atoms. The van der Waals surface area contributed by atoms with Crippen molar-refractivity contribution >= 4 is 5.91 Å². The third-order valence-electron chi connectivity index (χ3n) is 3.11. The summed E-state index contributed by atoms with van der Waals surface area (Å²) in [6.07, 6.45) is 0.627. The molecule has 2 rings (SSSR count). The number of carbonyl (C=O) groups is 1. The van der Waals surface area contributed by atoms with Crippen LogP contribution < -0.4 is 5.32 Å². The fourth-order valence-corrected chi connectivity index (χ4v) is 2.36. The van der Waals surface area contributed by atoms with Gasteiger partial charge in [-0.15, -0.1) is 0 Å². The van der Waals surface area contributed by atoms with Gasteiger partial charge in [0, 0.05) is 6.54 Å². The molecule has 1 amide bonds. The van der Waals surface area contributed by atoms with Crippen LogP contribution in [0.25, 0.3) is 0 Å². The summed E-state index contributed by atoms with van der Waals surface area (Å²) < 4.78 is 18.8. The van der Waals surface area contributed by atoms with E-state index in [0.29, 0.717) is 13.0 Å². The Morgan fingerprint density at radius 3 is 2.47 bits per heavy atom. The van der Waals surface area contributed by atoms with E-state index in [1.54, 1.807) is 12.1 Å². The zero-order valence-electron chi connectivity index (χ0n) is 11.6. The van der Waals surface area contributed by atoms with Gasteiger partial charge in [-0.05, 0) is 44.9 Å². The predicted molar refractivity (Wildman–Crippen MR) is 71.4 cm³/mol. The second-order valence-electron chi connectivity index (χ2n) is 5.94. The molecule has 1 fully saturated rings. The second-order valence-corrected chi connectivity index (χ2v) is 5.94. The van der Waals surface area contributed by atoms with Gasteiger partial charge in [0.2, 0.25) is 5.91 Å². The van der Waals surface area contributed by atoms with Crippen molar-refractivity contribution in [3.63, 3.8) is 0 Å². The maximum absolute atomic E-state index is 12.9. The molecule has 1 aromatic rings. The first-order valence-corrected chi connectivity index (χ1v) is 6.56. The number of halogens is 1. The summed E-state index contributed by atoms with van der Waals surface area (Å²) in [5.74, 6) is -0.565. The summed E-state index contributed by atoms with van der Waals surface area (Å²) in [4.78, 5) is 11.9. The maximum Gasteiger partial charge on any atom is 0.227 e. The number of carbonyl (C=O) groups excluding carboxylic acids is 1. The van der Waals surface area contributed by atoms with Crippen molar-refractivity contribution in [2.24, 2.45) is 0 Å². The van der Waals surface area contributed by atoms with Crippen molar-refractivity contribution in [3.05, 3.63) is 35.6 Å². The molecular weight excluding hydrogens is 245 g/mol. The van der Waals surface area contributed by atoms with Crippen molar-refractivity contribution in [1.82, 2.24) is 5.32 Å². The molecule has 1 aliphatic heterocycles. The highest BCUT2D eigenvalue weighted by Gasteiger charge is 2.32. The molecule has 0 saturated carbocycles. The van der Waals surface area contributed by atoms with Crippen molar-refractivity contribution in [2.45, 2.75) is 44.8 Å². The zero-order chi connectivity index (χ0) is 14.0. The van der Waals surface area contributed by atoms with Crippen LogP contribution in [0.3, 0.4) is 0 Å². The lowest BCUT2D eigenvalue weighted by atomic mass is 9.89. The van der Waals surface area contributed by atoms with Crippen molar-refractivity contribution in [3.8, 4) is 0 Å². The van der Waals surface area contributed by atoms with Gasteiger partial charge in [0.1, 0.15) is 5.82 Å². The number of benzene rings is 1. The van der Waals surface area contributed by atoms with Gasteiger partial charge in [0.25, 0.3) is 0 Å². The number of hydrogen-bond acceptors (Lipinski definition) is 2. The minimum absolute atomic E-state index is 0.00671.